The Hall–Kier alpha value is -7.23. The van der Waals surface area contributed by atoms with Crippen molar-refractivity contribution in [1.29, 1.82) is 0 Å². The van der Waals surface area contributed by atoms with Crippen LogP contribution in [0.2, 0.25) is 0 Å². The predicted octanol–water partition coefficient (Wildman–Crippen LogP) is 3.53. The summed E-state index contributed by atoms with van der Waals surface area (Å²) < 4.78 is 33.4. The molecule has 0 unspecified atom stereocenters. The number of nitrogens with two attached hydrogens (primary N) is 1. The van der Waals surface area contributed by atoms with Gasteiger partial charge in [0.15, 0.2) is 12.7 Å². The van der Waals surface area contributed by atoms with Crippen LogP contribution >= 0.6 is 0 Å². The zero-order valence-corrected chi connectivity index (χ0v) is 31.2. The summed E-state index contributed by atoms with van der Waals surface area (Å²) in [5, 5.41) is 39.1. The van der Waals surface area contributed by atoms with Gasteiger partial charge in [0.1, 0.15) is 13.3 Å². The van der Waals surface area contributed by atoms with E-state index in [0.717, 1.165) is 17.5 Å². The smallest absolute Gasteiger partial charge is 0.337 e. The summed E-state index contributed by atoms with van der Waals surface area (Å²) in [5.41, 5.74) is 22.8. The molecule has 1 saturated heterocycles. The second-order valence-corrected chi connectivity index (χ2v) is 10.6. The Bertz CT molecular complexity index is 1850. The van der Waals surface area contributed by atoms with Crippen molar-refractivity contribution in [2.24, 2.45) is 16.0 Å². The van der Waals surface area contributed by atoms with Gasteiger partial charge < -0.3 is 15.9 Å². The number of benzene rings is 2. The van der Waals surface area contributed by atoms with E-state index in [-0.39, 0.29) is 51.2 Å². The Morgan fingerprint density at radius 3 is 1.57 bits per heavy atom. The van der Waals surface area contributed by atoms with Crippen LogP contribution in [0.5, 0.6) is 0 Å². The minimum Gasteiger partial charge on any atom is -0.353 e. The molecule has 22 nitrogen and oxygen atoms in total. The lowest BCUT2D eigenvalue weighted by Gasteiger charge is -2.12. The number of imide groups is 1. The Balaban J connectivity index is 0.000000428. The van der Waals surface area contributed by atoms with Crippen molar-refractivity contribution in [2.75, 3.05) is 46.2 Å². The van der Waals surface area contributed by atoms with Crippen LogP contribution in [0.3, 0.4) is 0 Å². The maximum atomic E-state index is 11.9. The highest BCUT2D eigenvalue weighted by Gasteiger charge is 2.32. The van der Waals surface area contributed by atoms with Gasteiger partial charge in [0, 0.05) is 53.4 Å². The summed E-state index contributed by atoms with van der Waals surface area (Å²) >= 11 is 0. The molecule has 3 heterocycles. The molecule has 0 aliphatic carbocycles. The number of carbonyl (C=O) groups is 4. The van der Waals surface area contributed by atoms with Gasteiger partial charge in [0.2, 0.25) is 17.6 Å². The van der Waals surface area contributed by atoms with E-state index in [0.29, 0.717) is 34.4 Å². The normalized spacial score (nSPS) is 10.9. The molecule has 4 aromatic rings. The van der Waals surface area contributed by atoms with Crippen LogP contribution in [0.15, 0.2) is 71.4 Å². The van der Waals surface area contributed by atoms with Crippen LogP contribution in [0.25, 0.3) is 43.7 Å². The van der Waals surface area contributed by atoms with Crippen LogP contribution in [-0.2, 0) is 36.9 Å². The van der Waals surface area contributed by atoms with E-state index in [1.165, 1.54) is 12.7 Å². The summed E-state index contributed by atoms with van der Waals surface area (Å²) in [4.78, 5) is 55.6. The van der Waals surface area contributed by atoms with Crippen LogP contribution in [-0.4, -0.2) is 116 Å². The number of nitrogens with zero attached hydrogens (tertiary/aromatic N) is 15. The maximum Gasteiger partial charge on any atom is 0.337 e. The molecule has 2 aromatic carbocycles. The number of halogens is 3. The number of aromatic nitrogens is 8. The van der Waals surface area contributed by atoms with Crippen LogP contribution in [0.1, 0.15) is 37.3 Å². The van der Waals surface area contributed by atoms with E-state index in [4.69, 9.17) is 15.9 Å². The lowest BCUT2D eigenvalue weighted by Crippen LogP contribution is -2.32. The first kappa shape index (κ1) is 48.8. The summed E-state index contributed by atoms with van der Waals surface area (Å²) in [6.45, 7) is 1.22. The minimum absolute atomic E-state index is 0.0451. The fraction of sp³-hybridized carbons (Fsp3) is 0.394. The molecule has 25 heteroatoms. The topological polar surface area (TPSA) is 319 Å². The van der Waals surface area contributed by atoms with E-state index in [1.54, 1.807) is 48.5 Å². The third-order valence-corrected chi connectivity index (χ3v) is 6.31. The first-order valence-electron chi connectivity index (χ1n) is 17.1. The van der Waals surface area contributed by atoms with Crippen molar-refractivity contribution in [3.8, 4) is 22.8 Å². The molecule has 1 aliphatic heterocycles. The number of hydrogen-bond acceptors (Lipinski definition) is 16. The van der Waals surface area contributed by atoms with Gasteiger partial charge in [-0.1, -0.05) is 72.1 Å². The van der Waals surface area contributed by atoms with E-state index >= 15 is 0 Å². The summed E-state index contributed by atoms with van der Waals surface area (Å²) in [6, 6.07) is 14.0. The molecular formula is C33H40F3N17O5. The molecular weight excluding hydrogens is 768 g/mol. The highest BCUT2D eigenvalue weighted by molar-refractivity contribution is 6.01. The second-order valence-electron chi connectivity index (χ2n) is 10.6. The molecule has 0 saturated carbocycles. The Morgan fingerprint density at radius 1 is 0.759 bits per heavy atom. The summed E-state index contributed by atoms with van der Waals surface area (Å²) in [5.74, 6) is -1.09. The van der Waals surface area contributed by atoms with Crippen molar-refractivity contribution in [1.82, 2.24) is 51.2 Å². The molecule has 0 radical (unpaired) electrons. The monoisotopic (exact) mass is 808 g/mol. The third kappa shape index (κ3) is 21.0. The van der Waals surface area contributed by atoms with Crippen molar-refractivity contribution in [3.63, 3.8) is 0 Å². The average Bonchev–Trinajstić information content (AvgIpc) is 3.58. The lowest BCUT2D eigenvalue weighted by molar-refractivity contribution is -0.197. The van der Waals surface area contributed by atoms with Crippen molar-refractivity contribution < 1.29 is 37.2 Å². The fourth-order valence-electron chi connectivity index (χ4n) is 3.80. The number of carbonyl (C=O) groups excluding carboxylic acids is 4. The van der Waals surface area contributed by atoms with E-state index in [9.17, 15) is 32.3 Å². The molecule has 1 aliphatic rings. The van der Waals surface area contributed by atoms with Gasteiger partial charge >= 0.3 is 5.97 Å². The molecule has 3 amide bonds. The van der Waals surface area contributed by atoms with Gasteiger partial charge in [-0.25, -0.2) is 13.6 Å². The molecule has 308 valence electrons. The van der Waals surface area contributed by atoms with Crippen LogP contribution in [0, 0.1) is 0 Å². The predicted molar refractivity (Wildman–Crippen MR) is 199 cm³/mol. The van der Waals surface area contributed by atoms with Gasteiger partial charge in [-0.3, -0.25) is 18.8 Å². The highest BCUT2D eigenvalue weighted by Crippen LogP contribution is 2.17. The van der Waals surface area contributed by atoms with Crippen molar-refractivity contribution in [2.45, 2.75) is 39.0 Å². The molecule has 5 rings (SSSR count). The van der Waals surface area contributed by atoms with E-state index < -0.39 is 37.8 Å². The fourth-order valence-corrected chi connectivity index (χ4v) is 3.80. The first-order valence-corrected chi connectivity index (χ1v) is 17.1. The van der Waals surface area contributed by atoms with Gasteiger partial charge in [0.05, 0.1) is 26.1 Å². The Kier molecular flexibility index (Phi) is 26.1. The number of azide groups is 2. The van der Waals surface area contributed by atoms with Gasteiger partial charge in [-0.2, -0.15) is 0 Å². The summed E-state index contributed by atoms with van der Waals surface area (Å²) in [7, 11) is 0. The molecule has 2 aromatic heterocycles. The van der Waals surface area contributed by atoms with E-state index in [1.807, 2.05) is 6.92 Å². The zero-order valence-electron chi connectivity index (χ0n) is 31.2. The number of rotatable bonds is 14. The second kappa shape index (κ2) is 31.0. The van der Waals surface area contributed by atoms with Crippen LogP contribution in [0.4, 0.5) is 13.2 Å². The standard InChI is InChI=1S/C14H11N5O4.C12H12FN5O.C3H7N3.C2H4FN3.C2H6FN/c20-11-5-6-12(21)19(11)23-13(22)7-9-1-3-10(4-2-9)14-17-15-8-16-18-14;13-5-6-14-11(19)7-9-1-3-10(4-2-9)12-17-15-8-16-18-12;1-2-3-5-6-4;3-1-2-5-6-4;3-1-2-4/h1-4,8H,5-7H2;1-4,8H,5-7H2,(H,14,19);2-3H2,1H3;1-2H2;1-2,4H2/i;13-1;;2*3-1. The minimum atomic E-state index is -0.680. The number of hydroxylamine groups is 2. The SMILES string of the molecule is CCCN=[N+]=[N-].NCC[18F].O=C(Cc1ccc(-c2nncnn2)cc1)NCC[18F].O=C(Cc1ccc(-c2nncnn2)cc1)ON1C(=O)CCC1=O.[N-]=[N+]=NCC[18F]. The summed E-state index contributed by atoms with van der Waals surface area (Å²) in [6.07, 6.45) is 3.71. The zero-order chi connectivity index (χ0) is 42.8. The molecule has 3 N–H and O–H groups in total. The lowest BCUT2D eigenvalue weighted by atomic mass is 10.1. The van der Waals surface area contributed by atoms with Crippen LogP contribution < -0.4 is 11.1 Å². The van der Waals surface area contributed by atoms with E-state index in [2.05, 4.69) is 71.9 Å². The van der Waals surface area contributed by atoms with Gasteiger partial charge in [-0.15, -0.1) is 45.9 Å². The van der Waals surface area contributed by atoms with Gasteiger partial charge in [0.25, 0.3) is 11.8 Å². The van der Waals surface area contributed by atoms with Crippen molar-refractivity contribution in [3.05, 3.63) is 93.2 Å². The first-order chi connectivity index (χ1) is 28.2. The molecule has 0 spiro atoms. The number of nitrogens with one attached hydrogen (secondary N) is 1. The number of hydrogen-bond donors (Lipinski definition) is 2. The Morgan fingerprint density at radius 2 is 1.21 bits per heavy atom. The third-order valence-electron chi connectivity index (χ3n) is 6.31. The molecule has 1 fully saturated rings. The largest absolute Gasteiger partial charge is 0.353 e. The highest BCUT2D eigenvalue weighted by atomic mass is 18.2. The molecule has 0 bridgehead atoms. The molecule has 0 atom stereocenters. The number of alkyl halides is 3. The number of amides is 3. The Labute approximate surface area is 329 Å². The average molecular weight is 809 g/mol. The van der Waals surface area contributed by atoms with Gasteiger partial charge in [-0.05, 0) is 22.2 Å². The maximum absolute atomic E-state index is 11.9. The molecule has 58 heavy (non-hydrogen) atoms. The quantitative estimate of drug-likeness (QED) is 0.0797. The van der Waals surface area contributed by atoms with Crippen molar-refractivity contribution >= 4 is 23.7 Å².